The summed E-state index contributed by atoms with van der Waals surface area (Å²) in [7, 11) is 2.94. The van der Waals surface area contributed by atoms with E-state index in [4.69, 9.17) is 9.84 Å². The number of aliphatic imine (C=N–C) groups is 1. The van der Waals surface area contributed by atoms with E-state index in [0.29, 0.717) is 24.1 Å². The zero-order chi connectivity index (χ0) is 23.2. The van der Waals surface area contributed by atoms with Crippen LogP contribution in [0.5, 0.6) is 0 Å². The Hall–Kier alpha value is -2.91. The van der Waals surface area contributed by atoms with Gasteiger partial charge in [0.25, 0.3) is 0 Å². The molecule has 0 amide bonds. The second kappa shape index (κ2) is 14.2. The van der Waals surface area contributed by atoms with E-state index in [9.17, 15) is 19.8 Å². The average molecular weight is 431 g/mol. The number of ether oxygens (including phenoxy) is 1. The molecule has 0 aliphatic carbocycles. The van der Waals surface area contributed by atoms with Gasteiger partial charge >= 0.3 is 0 Å². The molecule has 1 fully saturated rings. The Morgan fingerprint density at radius 3 is 1.97 bits per heavy atom. The van der Waals surface area contributed by atoms with Crippen molar-refractivity contribution in [1.29, 1.82) is 0 Å². The van der Waals surface area contributed by atoms with Gasteiger partial charge < -0.3 is 25.0 Å². The Morgan fingerprint density at radius 1 is 1.03 bits per heavy atom. The third-order valence-electron chi connectivity index (χ3n) is 4.69. The molecule has 3 N–H and O–H groups in total. The van der Waals surface area contributed by atoms with E-state index in [1.807, 2.05) is 24.1 Å². The molecule has 0 saturated carbocycles. The van der Waals surface area contributed by atoms with Crippen molar-refractivity contribution in [2.24, 2.45) is 4.99 Å². The van der Waals surface area contributed by atoms with E-state index >= 15 is 0 Å². The molecule has 3 atom stereocenters. The first-order chi connectivity index (χ1) is 15.0. The fourth-order valence-electron chi connectivity index (χ4n) is 2.84. The summed E-state index contributed by atoms with van der Waals surface area (Å²) < 4.78 is 5.33. The van der Waals surface area contributed by atoms with Crippen LogP contribution in [-0.2, 0) is 4.74 Å². The summed E-state index contributed by atoms with van der Waals surface area (Å²) in [5.41, 5.74) is 3.09. The van der Waals surface area contributed by atoms with Crippen molar-refractivity contribution in [1.82, 2.24) is 0 Å². The van der Waals surface area contributed by atoms with Crippen molar-refractivity contribution >= 4 is 30.7 Å². The Balaban J connectivity index is 0.000000337. The zero-order valence-electron chi connectivity index (χ0n) is 17.8. The maximum atomic E-state index is 10.6. The number of rotatable bonds is 7. The molecule has 3 rings (SSSR count). The molecule has 8 nitrogen and oxygen atoms in total. The molecule has 0 bridgehead atoms. The number of hydrogen-bond donors (Lipinski definition) is 3. The van der Waals surface area contributed by atoms with E-state index in [1.54, 1.807) is 36.4 Å². The van der Waals surface area contributed by atoms with Crippen LogP contribution in [0.4, 0.5) is 11.4 Å². The van der Waals surface area contributed by atoms with Crippen molar-refractivity contribution in [3.05, 3.63) is 59.7 Å². The number of hydrogen-bond acceptors (Lipinski definition) is 8. The third-order valence-corrected chi connectivity index (χ3v) is 4.69. The van der Waals surface area contributed by atoms with Crippen LogP contribution in [-0.4, -0.2) is 80.2 Å². The fourth-order valence-corrected chi connectivity index (χ4v) is 2.84. The highest BCUT2D eigenvalue weighted by molar-refractivity contribution is 5.76. The summed E-state index contributed by atoms with van der Waals surface area (Å²) in [5, 5.41) is 26.1. The lowest BCUT2D eigenvalue weighted by Gasteiger charge is -2.22. The summed E-state index contributed by atoms with van der Waals surface area (Å²) in [6.07, 6.45) is 0.366. The summed E-state index contributed by atoms with van der Waals surface area (Å²) in [6, 6.07) is 14.2. The Morgan fingerprint density at radius 2 is 1.55 bits per heavy atom. The predicted molar refractivity (Wildman–Crippen MR) is 121 cm³/mol. The van der Waals surface area contributed by atoms with Crippen LogP contribution in [0, 0.1) is 0 Å². The van der Waals surface area contributed by atoms with E-state index < -0.39 is 12.2 Å². The number of carbonyl (C=O) groups excluding carboxylic acids is 2. The number of aldehydes is 2. The minimum absolute atomic E-state index is 0.198. The van der Waals surface area contributed by atoms with E-state index in [-0.39, 0.29) is 12.7 Å². The van der Waals surface area contributed by atoms with Gasteiger partial charge in [-0.2, -0.15) is 0 Å². The molecule has 2 aromatic rings. The number of benzene rings is 2. The molecule has 168 valence electrons. The van der Waals surface area contributed by atoms with Gasteiger partial charge in [-0.15, -0.1) is 0 Å². The van der Waals surface area contributed by atoms with Gasteiger partial charge in [-0.05, 0) is 61.7 Å². The van der Waals surface area contributed by atoms with Crippen LogP contribution in [0.25, 0.3) is 0 Å². The zero-order valence-corrected chi connectivity index (χ0v) is 17.8. The molecular formula is C23H30N2O6. The highest BCUT2D eigenvalue weighted by Gasteiger charge is 2.34. The molecular weight excluding hydrogens is 400 g/mol. The quantitative estimate of drug-likeness (QED) is 0.453. The van der Waals surface area contributed by atoms with E-state index in [1.165, 1.54) is 0 Å². The monoisotopic (exact) mass is 430 g/mol. The van der Waals surface area contributed by atoms with Gasteiger partial charge in [-0.1, -0.05) is 0 Å². The van der Waals surface area contributed by atoms with Crippen LogP contribution in [0.15, 0.2) is 53.5 Å². The topological polar surface area (TPSA) is 120 Å². The normalized spacial score (nSPS) is 19.2. The van der Waals surface area contributed by atoms with Crippen molar-refractivity contribution in [3.8, 4) is 0 Å². The SMILES string of the molecule is C=Nc1ccc(C=O)cc1.CN(CCC1OCC(O)C1O)c1ccc(C=O)cc1.CO. The minimum atomic E-state index is -0.800. The molecule has 0 spiro atoms. The first-order valence-corrected chi connectivity index (χ1v) is 9.69. The Kier molecular flexibility index (Phi) is 11.9. The van der Waals surface area contributed by atoms with E-state index in [2.05, 4.69) is 11.7 Å². The number of aliphatic hydroxyl groups is 3. The van der Waals surface area contributed by atoms with Crippen molar-refractivity contribution in [2.75, 3.05) is 32.2 Å². The highest BCUT2D eigenvalue weighted by Crippen LogP contribution is 2.19. The fraction of sp³-hybridized carbons (Fsp3) is 0.348. The number of anilines is 1. The van der Waals surface area contributed by atoms with Crippen LogP contribution in [0.1, 0.15) is 27.1 Å². The van der Waals surface area contributed by atoms with Gasteiger partial charge in [0.1, 0.15) is 24.8 Å². The molecule has 8 heteroatoms. The van der Waals surface area contributed by atoms with Crippen LogP contribution in [0.2, 0.25) is 0 Å². The summed E-state index contributed by atoms with van der Waals surface area (Å²) >= 11 is 0. The van der Waals surface area contributed by atoms with Gasteiger partial charge in [-0.25, -0.2) is 0 Å². The maximum absolute atomic E-state index is 10.6. The maximum Gasteiger partial charge on any atom is 0.150 e. The van der Waals surface area contributed by atoms with Crippen LogP contribution < -0.4 is 4.90 Å². The van der Waals surface area contributed by atoms with Crippen molar-refractivity contribution < 1.29 is 29.6 Å². The predicted octanol–water partition coefficient (Wildman–Crippen LogP) is 1.89. The highest BCUT2D eigenvalue weighted by atomic mass is 16.5. The summed E-state index contributed by atoms with van der Waals surface area (Å²) in [6.45, 7) is 4.25. The molecule has 3 unspecified atom stereocenters. The third kappa shape index (κ3) is 8.39. The standard InChI is InChI=1S/C14H19NO4.C8H7NO.CH4O/c1-15(11-4-2-10(8-16)3-5-11)7-6-13-14(18)12(17)9-19-13;1-9-8-4-2-7(6-10)3-5-8;1-2/h2-5,8,12-14,17-18H,6-7,9H2,1H3;2-6H,1H2;2H,1H3. The van der Waals surface area contributed by atoms with Gasteiger partial charge in [-0.3, -0.25) is 14.6 Å². The second-order valence-corrected chi connectivity index (χ2v) is 6.72. The molecule has 1 heterocycles. The van der Waals surface area contributed by atoms with Gasteiger partial charge in [0, 0.05) is 37.5 Å². The van der Waals surface area contributed by atoms with Crippen molar-refractivity contribution in [3.63, 3.8) is 0 Å². The molecule has 0 radical (unpaired) electrons. The molecule has 1 aliphatic heterocycles. The van der Waals surface area contributed by atoms with Gasteiger partial charge in [0.15, 0.2) is 0 Å². The Labute approximate surface area is 182 Å². The lowest BCUT2D eigenvalue weighted by Crippen LogP contribution is -2.32. The number of carbonyl (C=O) groups is 2. The minimum Gasteiger partial charge on any atom is -0.400 e. The molecule has 0 aromatic heterocycles. The summed E-state index contributed by atoms with van der Waals surface area (Å²) in [5.74, 6) is 0. The number of aliphatic hydroxyl groups excluding tert-OH is 3. The first kappa shape index (κ1) is 26.1. The largest absolute Gasteiger partial charge is 0.400 e. The molecule has 1 aliphatic rings. The molecule has 31 heavy (non-hydrogen) atoms. The lowest BCUT2D eigenvalue weighted by molar-refractivity contribution is 0.0206. The second-order valence-electron chi connectivity index (χ2n) is 6.72. The average Bonchev–Trinajstić information content (AvgIpc) is 3.16. The van der Waals surface area contributed by atoms with Crippen LogP contribution >= 0.6 is 0 Å². The van der Waals surface area contributed by atoms with Crippen molar-refractivity contribution in [2.45, 2.75) is 24.7 Å². The summed E-state index contributed by atoms with van der Waals surface area (Å²) in [4.78, 5) is 26.4. The number of nitrogens with zero attached hydrogens (tertiary/aromatic N) is 2. The first-order valence-electron chi connectivity index (χ1n) is 9.69. The smallest absolute Gasteiger partial charge is 0.150 e. The van der Waals surface area contributed by atoms with Crippen LogP contribution in [0.3, 0.4) is 0 Å². The van der Waals surface area contributed by atoms with Gasteiger partial charge in [0.2, 0.25) is 0 Å². The molecule has 2 aromatic carbocycles. The Bertz CT molecular complexity index is 768. The van der Waals surface area contributed by atoms with Gasteiger partial charge in [0.05, 0.1) is 18.4 Å². The lowest BCUT2D eigenvalue weighted by atomic mass is 10.1. The molecule has 1 saturated heterocycles. The van der Waals surface area contributed by atoms with E-state index in [0.717, 1.165) is 31.1 Å².